The molecule has 23 heavy (non-hydrogen) atoms. The van der Waals surface area contributed by atoms with Gasteiger partial charge in [0.05, 0.1) is 13.7 Å². The molecule has 0 unspecified atom stereocenters. The monoisotopic (exact) mass is 312 g/mol. The van der Waals surface area contributed by atoms with Crippen molar-refractivity contribution in [3.63, 3.8) is 0 Å². The maximum absolute atomic E-state index is 12.0. The lowest BCUT2D eigenvalue weighted by atomic mass is 9.87. The SMILES string of the molecule is COc1cccc(NCC(=O)Nc2ccc(C(C)(C)C)cc2)c1. The molecule has 122 valence electrons. The van der Waals surface area contributed by atoms with Crippen LogP contribution in [0.5, 0.6) is 5.75 Å². The Morgan fingerprint density at radius 2 is 1.74 bits per heavy atom. The third-order valence-electron chi connectivity index (χ3n) is 3.56. The minimum Gasteiger partial charge on any atom is -0.497 e. The van der Waals surface area contributed by atoms with Crippen molar-refractivity contribution in [3.8, 4) is 5.75 Å². The van der Waals surface area contributed by atoms with Gasteiger partial charge in [0.15, 0.2) is 0 Å². The lowest BCUT2D eigenvalue weighted by molar-refractivity contribution is -0.114. The molecule has 0 atom stereocenters. The number of anilines is 2. The lowest BCUT2D eigenvalue weighted by Gasteiger charge is -2.19. The van der Waals surface area contributed by atoms with Gasteiger partial charge in [-0.05, 0) is 35.2 Å². The molecule has 1 amide bonds. The number of hydrogen-bond donors (Lipinski definition) is 2. The number of methoxy groups -OCH3 is 1. The number of ether oxygens (including phenoxy) is 1. The highest BCUT2D eigenvalue weighted by atomic mass is 16.5. The largest absolute Gasteiger partial charge is 0.497 e. The van der Waals surface area contributed by atoms with E-state index >= 15 is 0 Å². The highest BCUT2D eigenvalue weighted by molar-refractivity contribution is 5.93. The van der Waals surface area contributed by atoms with E-state index in [9.17, 15) is 4.79 Å². The van der Waals surface area contributed by atoms with Gasteiger partial charge in [-0.2, -0.15) is 0 Å². The second-order valence-electron chi connectivity index (χ2n) is 6.46. The summed E-state index contributed by atoms with van der Waals surface area (Å²) in [5, 5.41) is 5.97. The Labute approximate surface area is 137 Å². The first kappa shape index (κ1) is 16.9. The van der Waals surface area contributed by atoms with Gasteiger partial charge in [-0.15, -0.1) is 0 Å². The first-order valence-electron chi connectivity index (χ1n) is 7.67. The molecule has 2 aromatic rings. The molecule has 0 aliphatic carbocycles. The Kier molecular flexibility index (Phi) is 5.27. The number of hydrogen-bond acceptors (Lipinski definition) is 3. The van der Waals surface area contributed by atoms with Crippen LogP contribution in [0.4, 0.5) is 11.4 Å². The average Bonchev–Trinajstić information content (AvgIpc) is 2.53. The Hall–Kier alpha value is -2.49. The van der Waals surface area contributed by atoms with Gasteiger partial charge in [-0.3, -0.25) is 4.79 Å². The summed E-state index contributed by atoms with van der Waals surface area (Å²) < 4.78 is 5.16. The zero-order valence-electron chi connectivity index (χ0n) is 14.1. The first-order chi connectivity index (χ1) is 10.9. The van der Waals surface area contributed by atoms with Crippen LogP contribution in [0.2, 0.25) is 0 Å². The number of amides is 1. The molecular weight excluding hydrogens is 288 g/mol. The molecule has 2 N–H and O–H groups in total. The Balaban J connectivity index is 1.89. The van der Waals surface area contributed by atoms with E-state index in [1.165, 1.54) is 5.56 Å². The summed E-state index contributed by atoms with van der Waals surface area (Å²) in [4.78, 5) is 12.0. The standard InChI is InChI=1S/C19H24N2O2/c1-19(2,3)14-8-10-15(11-9-14)21-18(22)13-20-16-6-5-7-17(12-16)23-4/h5-12,20H,13H2,1-4H3,(H,21,22). The molecular formula is C19H24N2O2. The molecule has 0 bridgehead atoms. The highest BCUT2D eigenvalue weighted by Gasteiger charge is 2.13. The van der Waals surface area contributed by atoms with Crippen molar-refractivity contribution in [1.29, 1.82) is 0 Å². The summed E-state index contributed by atoms with van der Waals surface area (Å²) in [6.45, 7) is 6.70. The van der Waals surface area contributed by atoms with Crippen molar-refractivity contribution in [2.75, 3.05) is 24.3 Å². The summed E-state index contributed by atoms with van der Waals surface area (Å²) in [6.07, 6.45) is 0. The van der Waals surface area contributed by atoms with E-state index in [4.69, 9.17) is 4.74 Å². The lowest BCUT2D eigenvalue weighted by Crippen LogP contribution is -2.21. The molecule has 0 heterocycles. The van der Waals surface area contributed by atoms with Crippen LogP contribution in [0.25, 0.3) is 0 Å². The van der Waals surface area contributed by atoms with Gasteiger partial charge in [0, 0.05) is 17.4 Å². The zero-order valence-corrected chi connectivity index (χ0v) is 14.1. The highest BCUT2D eigenvalue weighted by Crippen LogP contribution is 2.23. The molecule has 4 nitrogen and oxygen atoms in total. The van der Waals surface area contributed by atoms with Gasteiger partial charge in [-0.25, -0.2) is 0 Å². The predicted molar refractivity (Wildman–Crippen MR) is 95.3 cm³/mol. The van der Waals surface area contributed by atoms with Crippen LogP contribution in [0.15, 0.2) is 48.5 Å². The summed E-state index contributed by atoms with van der Waals surface area (Å²) >= 11 is 0. The summed E-state index contributed by atoms with van der Waals surface area (Å²) in [7, 11) is 1.62. The van der Waals surface area contributed by atoms with Crippen molar-refractivity contribution in [1.82, 2.24) is 0 Å². The minimum absolute atomic E-state index is 0.0867. The van der Waals surface area contributed by atoms with Gasteiger partial charge in [-0.1, -0.05) is 39.0 Å². The van der Waals surface area contributed by atoms with Crippen LogP contribution >= 0.6 is 0 Å². The van der Waals surface area contributed by atoms with Gasteiger partial charge in [0.2, 0.25) is 5.91 Å². The van der Waals surface area contributed by atoms with E-state index in [0.29, 0.717) is 0 Å². The zero-order chi connectivity index (χ0) is 16.9. The van der Waals surface area contributed by atoms with E-state index in [1.54, 1.807) is 7.11 Å². The maximum Gasteiger partial charge on any atom is 0.243 e. The molecule has 2 rings (SSSR count). The van der Waals surface area contributed by atoms with Crippen molar-refractivity contribution < 1.29 is 9.53 Å². The van der Waals surface area contributed by atoms with E-state index in [1.807, 2.05) is 48.5 Å². The summed E-state index contributed by atoms with van der Waals surface area (Å²) in [6, 6.07) is 15.5. The molecule has 0 fully saturated rings. The number of benzene rings is 2. The van der Waals surface area contributed by atoms with Crippen LogP contribution in [-0.4, -0.2) is 19.6 Å². The Bertz CT molecular complexity index is 658. The molecule has 2 aromatic carbocycles. The smallest absolute Gasteiger partial charge is 0.243 e. The van der Waals surface area contributed by atoms with E-state index in [0.717, 1.165) is 17.1 Å². The summed E-state index contributed by atoms with van der Waals surface area (Å²) in [5.74, 6) is 0.671. The van der Waals surface area contributed by atoms with Gasteiger partial charge >= 0.3 is 0 Å². The van der Waals surface area contributed by atoms with Crippen molar-refractivity contribution in [2.45, 2.75) is 26.2 Å². The average molecular weight is 312 g/mol. The van der Waals surface area contributed by atoms with Crippen LogP contribution in [0.3, 0.4) is 0 Å². The Morgan fingerprint density at radius 1 is 1.04 bits per heavy atom. The number of rotatable bonds is 5. The number of carbonyl (C=O) groups is 1. The van der Waals surface area contributed by atoms with Crippen molar-refractivity contribution >= 4 is 17.3 Å². The van der Waals surface area contributed by atoms with Gasteiger partial charge < -0.3 is 15.4 Å². The molecule has 0 saturated carbocycles. The molecule has 0 aromatic heterocycles. The molecule has 4 heteroatoms. The molecule has 0 aliphatic heterocycles. The third-order valence-corrected chi connectivity index (χ3v) is 3.56. The van der Waals surface area contributed by atoms with Gasteiger partial charge in [0.25, 0.3) is 0 Å². The molecule has 0 radical (unpaired) electrons. The van der Waals surface area contributed by atoms with E-state index in [-0.39, 0.29) is 17.9 Å². The second kappa shape index (κ2) is 7.18. The predicted octanol–water partition coefficient (Wildman–Crippen LogP) is 4.04. The fourth-order valence-electron chi connectivity index (χ4n) is 2.17. The van der Waals surface area contributed by atoms with Crippen LogP contribution in [-0.2, 0) is 10.2 Å². The topological polar surface area (TPSA) is 50.4 Å². The van der Waals surface area contributed by atoms with Crippen LogP contribution in [0.1, 0.15) is 26.3 Å². The molecule has 0 saturated heterocycles. The number of nitrogens with one attached hydrogen (secondary N) is 2. The van der Waals surface area contributed by atoms with Gasteiger partial charge in [0.1, 0.15) is 5.75 Å². The fraction of sp³-hybridized carbons (Fsp3) is 0.316. The fourth-order valence-corrected chi connectivity index (χ4v) is 2.17. The summed E-state index contributed by atoms with van der Waals surface area (Å²) in [5.41, 5.74) is 3.00. The number of carbonyl (C=O) groups excluding carboxylic acids is 1. The Morgan fingerprint density at radius 3 is 2.35 bits per heavy atom. The van der Waals surface area contributed by atoms with E-state index < -0.39 is 0 Å². The molecule has 0 aliphatic rings. The maximum atomic E-state index is 12.0. The second-order valence-corrected chi connectivity index (χ2v) is 6.46. The van der Waals surface area contributed by atoms with Crippen molar-refractivity contribution in [3.05, 3.63) is 54.1 Å². The minimum atomic E-state index is -0.0867. The molecule has 0 spiro atoms. The van der Waals surface area contributed by atoms with Crippen LogP contribution < -0.4 is 15.4 Å². The quantitative estimate of drug-likeness (QED) is 0.876. The third kappa shape index (κ3) is 5.02. The normalized spacial score (nSPS) is 11.0. The van der Waals surface area contributed by atoms with E-state index in [2.05, 4.69) is 31.4 Å². The first-order valence-corrected chi connectivity index (χ1v) is 7.67. The van der Waals surface area contributed by atoms with Crippen molar-refractivity contribution in [2.24, 2.45) is 0 Å². The van der Waals surface area contributed by atoms with Crippen LogP contribution in [0, 0.1) is 0 Å².